The molecule has 2 aromatic heterocycles. The van der Waals surface area contributed by atoms with Crippen LogP contribution in [0.4, 0.5) is 11.8 Å². The van der Waals surface area contributed by atoms with Crippen LogP contribution in [0.25, 0.3) is 10.2 Å². The summed E-state index contributed by atoms with van der Waals surface area (Å²) in [5.41, 5.74) is 5.80. The van der Waals surface area contributed by atoms with Crippen molar-refractivity contribution in [3.8, 4) is 0 Å². The number of thiophene rings is 1. The van der Waals surface area contributed by atoms with E-state index in [2.05, 4.69) is 34.5 Å². The van der Waals surface area contributed by atoms with Crippen molar-refractivity contribution in [1.29, 1.82) is 0 Å². The summed E-state index contributed by atoms with van der Waals surface area (Å²) in [6.07, 6.45) is 5.89. The van der Waals surface area contributed by atoms with Gasteiger partial charge in [-0.25, -0.2) is 4.98 Å². The average molecular weight is 294 g/mol. The van der Waals surface area contributed by atoms with Crippen molar-refractivity contribution in [2.24, 2.45) is 0 Å². The molecule has 2 aromatic rings. The van der Waals surface area contributed by atoms with Crippen molar-refractivity contribution in [3.05, 3.63) is 10.9 Å². The highest BCUT2D eigenvalue weighted by Gasteiger charge is 2.24. The van der Waals surface area contributed by atoms with Crippen LogP contribution in [0.15, 0.2) is 6.07 Å². The molecular weight excluding hydrogens is 276 g/mol. The molecule has 3 rings (SSSR count). The van der Waals surface area contributed by atoms with E-state index in [1.807, 2.05) is 11.8 Å². The molecule has 0 bridgehead atoms. The lowest BCUT2D eigenvalue weighted by Gasteiger charge is -2.14. The number of nitrogen functional groups attached to an aromatic ring is 1. The minimum Gasteiger partial charge on any atom is -0.368 e. The van der Waals surface area contributed by atoms with Gasteiger partial charge in [0.2, 0.25) is 5.95 Å². The predicted molar refractivity (Wildman–Crippen MR) is 85.1 cm³/mol. The molecule has 1 aliphatic rings. The van der Waals surface area contributed by atoms with Crippen molar-refractivity contribution in [2.45, 2.75) is 37.5 Å². The van der Waals surface area contributed by atoms with E-state index in [0.29, 0.717) is 12.0 Å². The fraction of sp³-hybridized carbons (Fsp3) is 0.538. The molecular formula is C13H18N4S2. The first-order valence-corrected chi connectivity index (χ1v) is 8.59. The molecule has 19 heavy (non-hydrogen) atoms. The van der Waals surface area contributed by atoms with Crippen molar-refractivity contribution >= 4 is 45.1 Å². The summed E-state index contributed by atoms with van der Waals surface area (Å²) < 4.78 is 0. The van der Waals surface area contributed by atoms with Crippen molar-refractivity contribution < 1.29 is 0 Å². The Labute approximate surface area is 121 Å². The summed E-state index contributed by atoms with van der Waals surface area (Å²) in [5.74, 6) is 1.26. The summed E-state index contributed by atoms with van der Waals surface area (Å²) in [4.78, 5) is 10.9. The lowest BCUT2D eigenvalue weighted by atomic mass is 10.2. The Morgan fingerprint density at radius 2 is 2.26 bits per heavy atom. The van der Waals surface area contributed by atoms with Gasteiger partial charge < -0.3 is 11.1 Å². The Hall–Kier alpha value is -1.01. The van der Waals surface area contributed by atoms with Gasteiger partial charge in [0, 0.05) is 16.2 Å². The Kier molecular flexibility index (Phi) is 3.54. The van der Waals surface area contributed by atoms with E-state index in [1.54, 1.807) is 11.3 Å². The van der Waals surface area contributed by atoms with Crippen molar-refractivity contribution in [1.82, 2.24) is 9.97 Å². The van der Waals surface area contributed by atoms with Crippen LogP contribution in [0, 0.1) is 6.92 Å². The van der Waals surface area contributed by atoms with Crippen LogP contribution in [-0.2, 0) is 0 Å². The van der Waals surface area contributed by atoms with E-state index in [-0.39, 0.29) is 0 Å². The Balaban J connectivity index is 1.88. The van der Waals surface area contributed by atoms with Gasteiger partial charge in [-0.1, -0.05) is 0 Å². The SMILES string of the molecule is CSC1CCC(Nc2nc(N)nc3sc(C)cc23)C1. The fourth-order valence-corrected chi connectivity index (χ4v) is 4.33. The molecule has 3 N–H and O–H groups in total. The molecule has 0 amide bonds. The summed E-state index contributed by atoms with van der Waals surface area (Å²) in [6, 6.07) is 2.65. The lowest BCUT2D eigenvalue weighted by Crippen LogP contribution is -2.17. The number of aromatic nitrogens is 2. The number of nitrogens with two attached hydrogens (primary N) is 1. The molecule has 2 heterocycles. The molecule has 0 radical (unpaired) electrons. The molecule has 0 spiro atoms. The summed E-state index contributed by atoms with van der Waals surface area (Å²) in [7, 11) is 0. The lowest BCUT2D eigenvalue weighted by molar-refractivity contribution is 0.753. The van der Waals surface area contributed by atoms with Gasteiger partial charge in [-0.3, -0.25) is 0 Å². The molecule has 2 unspecified atom stereocenters. The number of anilines is 2. The van der Waals surface area contributed by atoms with Crippen LogP contribution in [0.2, 0.25) is 0 Å². The monoisotopic (exact) mass is 294 g/mol. The quantitative estimate of drug-likeness (QED) is 0.909. The van der Waals surface area contributed by atoms with Gasteiger partial charge in [-0.05, 0) is 38.5 Å². The molecule has 0 saturated heterocycles. The highest BCUT2D eigenvalue weighted by atomic mass is 32.2. The van der Waals surface area contributed by atoms with Gasteiger partial charge in [0.15, 0.2) is 0 Å². The number of rotatable bonds is 3. The smallest absolute Gasteiger partial charge is 0.223 e. The van der Waals surface area contributed by atoms with Crippen LogP contribution in [0.1, 0.15) is 24.1 Å². The standard InChI is InChI=1S/C13H18N4S2/c1-7-5-10-11(16-13(14)17-12(10)19-7)15-8-3-4-9(6-8)18-2/h5,8-9H,3-4,6H2,1-2H3,(H3,14,15,16,17). The second-order valence-corrected chi connectivity index (χ2v) is 7.39. The normalized spacial score (nSPS) is 23.1. The molecule has 4 nitrogen and oxygen atoms in total. The molecule has 6 heteroatoms. The van der Waals surface area contributed by atoms with Crippen molar-refractivity contribution in [2.75, 3.05) is 17.3 Å². The zero-order valence-electron chi connectivity index (χ0n) is 11.1. The molecule has 0 aliphatic heterocycles. The molecule has 1 aliphatic carbocycles. The maximum Gasteiger partial charge on any atom is 0.223 e. The zero-order valence-corrected chi connectivity index (χ0v) is 12.8. The van der Waals surface area contributed by atoms with Crippen LogP contribution in [-0.4, -0.2) is 27.5 Å². The molecule has 1 fully saturated rings. The number of hydrogen-bond donors (Lipinski definition) is 2. The third-order valence-electron chi connectivity index (χ3n) is 3.59. The number of nitrogens with one attached hydrogen (secondary N) is 1. The molecule has 102 valence electrons. The van der Waals surface area contributed by atoms with E-state index in [4.69, 9.17) is 5.73 Å². The number of fused-ring (bicyclic) bond motifs is 1. The summed E-state index contributed by atoms with van der Waals surface area (Å²) in [5, 5.41) is 5.44. The first kappa shape index (κ1) is 13.0. The number of nitrogens with zero attached hydrogens (tertiary/aromatic N) is 2. The number of thioether (sulfide) groups is 1. The second kappa shape index (κ2) is 5.17. The highest BCUT2D eigenvalue weighted by Crippen LogP contribution is 2.33. The number of aryl methyl sites for hydroxylation is 1. The summed E-state index contributed by atoms with van der Waals surface area (Å²) in [6.45, 7) is 2.09. The first-order chi connectivity index (χ1) is 9.15. The third-order valence-corrected chi connectivity index (χ3v) is 5.63. The van der Waals surface area contributed by atoms with E-state index >= 15 is 0 Å². The van der Waals surface area contributed by atoms with E-state index in [0.717, 1.165) is 21.3 Å². The number of hydrogen-bond acceptors (Lipinski definition) is 6. The van der Waals surface area contributed by atoms with E-state index < -0.39 is 0 Å². The van der Waals surface area contributed by atoms with Crippen LogP contribution >= 0.6 is 23.1 Å². The Morgan fingerprint density at radius 3 is 3.00 bits per heavy atom. The van der Waals surface area contributed by atoms with Gasteiger partial charge in [0.05, 0.1) is 5.39 Å². The molecule has 2 atom stereocenters. The Morgan fingerprint density at radius 1 is 1.42 bits per heavy atom. The topological polar surface area (TPSA) is 63.8 Å². The maximum atomic E-state index is 5.80. The van der Waals surface area contributed by atoms with Crippen LogP contribution in [0.5, 0.6) is 0 Å². The van der Waals surface area contributed by atoms with Gasteiger partial charge in [-0.15, -0.1) is 11.3 Å². The van der Waals surface area contributed by atoms with Crippen LogP contribution in [0.3, 0.4) is 0 Å². The van der Waals surface area contributed by atoms with Gasteiger partial charge in [-0.2, -0.15) is 16.7 Å². The van der Waals surface area contributed by atoms with Gasteiger partial charge in [0.1, 0.15) is 10.6 Å². The van der Waals surface area contributed by atoms with E-state index in [9.17, 15) is 0 Å². The molecule has 0 aromatic carbocycles. The van der Waals surface area contributed by atoms with Gasteiger partial charge >= 0.3 is 0 Å². The fourth-order valence-electron chi connectivity index (χ4n) is 2.65. The van der Waals surface area contributed by atoms with Gasteiger partial charge in [0.25, 0.3) is 0 Å². The average Bonchev–Trinajstić information content (AvgIpc) is 2.94. The highest BCUT2D eigenvalue weighted by molar-refractivity contribution is 7.99. The van der Waals surface area contributed by atoms with Crippen LogP contribution < -0.4 is 11.1 Å². The summed E-state index contributed by atoms with van der Waals surface area (Å²) >= 11 is 3.63. The minimum absolute atomic E-state index is 0.358. The molecule has 1 saturated carbocycles. The largest absolute Gasteiger partial charge is 0.368 e. The predicted octanol–water partition coefficient (Wildman–Crippen LogP) is 3.28. The minimum atomic E-state index is 0.358. The maximum absolute atomic E-state index is 5.80. The second-order valence-electron chi connectivity index (χ2n) is 5.02. The van der Waals surface area contributed by atoms with E-state index in [1.165, 1.54) is 24.1 Å². The first-order valence-electron chi connectivity index (χ1n) is 6.48. The third kappa shape index (κ3) is 2.65. The van der Waals surface area contributed by atoms with Crippen molar-refractivity contribution in [3.63, 3.8) is 0 Å². The Bertz CT molecular complexity index is 596. The zero-order chi connectivity index (χ0) is 13.4.